The third-order valence-corrected chi connectivity index (χ3v) is 19.0. The minimum Gasteiger partial charge on any atom is -0.462 e. The third-order valence-electron chi connectivity index (χ3n) is 17.1. The molecule has 3 N–H and O–H groups in total. The van der Waals surface area contributed by atoms with Crippen LogP contribution in [0.5, 0.6) is 0 Å². The van der Waals surface area contributed by atoms with E-state index in [-0.39, 0.29) is 25.7 Å². The Kier molecular flexibility index (Phi) is 62.7. The van der Waals surface area contributed by atoms with Gasteiger partial charge in [-0.3, -0.25) is 37.3 Å². The molecule has 0 aromatic rings. The molecule has 0 radical (unpaired) electrons. The summed E-state index contributed by atoms with van der Waals surface area (Å²) >= 11 is 0. The van der Waals surface area contributed by atoms with Crippen LogP contribution in [0.15, 0.2) is 0 Å². The predicted molar refractivity (Wildman–Crippen MR) is 368 cm³/mol. The molecule has 3 unspecified atom stereocenters. The highest BCUT2D eigenvalue weighted by atomic mass is 31.2. The second kappa shape index (κ2) is 64.1. The van der Waals surface area contributed by atoms with E-state index < -0.39 is 97.5 Å². The normalized spacial score (nSPS) is 14.4. The lowest BCUT2D eigenvalue weighted by Gasteiger charge is -2.21. The van der Waals surface area contributed by atoms with E-state index in [4.69, 9.17) is 37.0 Å². The molecule has 0 aromatic heterocycles. The predicted octanol–water partition coefficient (Wildman–Crippen LogP) is 20.8. The molecule has 0 spiro atoms. The van der Waals surface area contributed by atoms with Gasteiger partial charge in [0.15, 0.2) is 12.2 Å². The smallest absolute Gasteiger partial charge is 0.462 e. The number of aliphatic hydroxyl groups is 1. The first-order valence-electron chi connectivity index (χ1n) is 37.5. The number of phosphoric ester groups is 2. The fourth-order valence-corrected chi connectivity index (χ4v) is 12.5. The number of rotatable bonds is 71. The molecule has 0 heterocycles. The summed E-state index contributed by atoms with van der Waals surface area (Å²) in [5, 5.41) is 10.6. The zero-order valence-corrected chi connectivity index (χ0v) is 60.9. The largest absolute Gasteiger partial charge is 0.472 e. The van der Waals surface area contributed by atoms with Crippen molar-refractivity contribution in [2.45, 2.75) is 387 Å². The van der Waals surface area contributed by atoms with Gasteiger partial charge in [0.25, 0.3) is 0 Å². The van der Waals surface area contributed by atoms with Crippen molar-refractivity contribution < 1.29 is 80.2 Å². The molecule has 91 heavy (non-hydrogen) atoms. The molecule has 0 saturated heterocycles. The van der Waals surface area contributed by atoms with Crippen molar-refractivity contribution in [3.05, 3.63) is 0 Å². The van der Waals surface area contributed by atoms with Crippen LogP contribution in [0.4, 0.5) is 0 Å². The fourth-order valence-electron chi connectivity index (χ4n) is 10.9. The quantitative estimate of drug-likeness (QED) is 0.0222. The number of carbonyl (C=O) groups is 4. The van der Waals surface area contributed by atoms with Crippen LogP contribution in [0.3, 0.4) is 0 Å². The van der Waals surface area contributed by atoms with Crippen molar-refractivity contribution in [3.8, 4) is 0 Å². The van der Waals surface area contributed by atoms with Gasteiger partial charge in [0.1, 0.15) is 19.3 Å². The first kappa shape index (κ1) is 89.1. The number of carbonyl (C=O) groups excluding carboxylic acids is 4. The van der Waals surface area contributed by atoms with Crippen LogP contribution >= 0.6 is 15.6 Å². The van der Waals surface area contributed by atoms with Crippen LogP contribution in [-0.2, 0) is 65.4 Å². The molecule has 0 rings (SSSR count). The first-order valence-corrected chi connectivity index (χ1v) is 40.5. The van der Waals surface area contributed by atoms with Crippen molar-refractivity contribution >= 4 is 39.5 Å². The minimum atomic E-state index is -4.95. The van der Waals surface area contributed by atoms with Crippen molar-refractivity contribution in [1.29, 1.82) is 0 Å². The highest BCUT2D eigenvalue weighted by Gasteiger charge is 2.30. The monoisotopic (exact) mass is 1340 g/mol. The van der Waals surface area contributed by atoms with Gasteiger partial charge in [-0.15, -0.1) is 0 Å². The Hall–Kier alpha value is -1.94. The highest BCUT2D eigenvalue weighted by molar-refractivity contribution is 7.47. The molecule has 19 heteroatoms. The van der Waals surface area contributed by atoms with E-state index in [1.54, 1.807) is 0 Å². The average molecular weight is 1340 g/mol. The Labute approximate surface area is 556 Å². The average Bonchev–Trinajstić information content (AvgIpc) is 2.68. The number of ether oxygens (including phenoxy) is 4. The molecular weight excluding hydrogens is 1200 g/mol. The molecule has 0 aliphatic rings. The Bertz CT molecular complexity index is 1770. The van der Waals surface area contributed by atoms with E-state index >= 15 is 0 Å². The molecule has 540 valence electrons. The van der Waals surface area contributed by atoms with Crippen molar-refractivity contribution in [2.24, 2.45) is 11.8 Å². The van der Waals surface area contributed by atoms with Gasteiger partial charge in [0.05, 0.1) is 26.4 Å². The van der Waals surface area contributed by atoms with E-state index in [9.17, 15) is 43.2 Å². The van der Waals surface area contributed by atoms with E-state index in [1.165, 1.54) is 173 Å². The van der Waals surface area contributed by atoms with Crippen LogP contribution in [0.1, 0.15) is 369 Å². The summed E-state index contributed by atoms with van der Waals surface area (Å²) in [5.41, 5.74) is 0. The zero-order valence-electron chi connectivity index (χ0n) is 59.1. The highest BCUT2D eigenvalue weighted by Crippen LogP contribution is 2.45. The first-order chi connectivity index (χ1) is 43.9. The maximum Gasteiger partial charge on any atom is 0.472 e. The van der Waals surface area contributed by atoms with Crippen molar-refractivity contribution in [1.82, 2.24) is 0 Å². The number of hydrogen-bond donors (Lipinski definition) is 3. The molecule has 0 amide bonds. The Morgan fingerprint density at radius 2 is 0.560 bits per heavy atom. The third kappa shape index (κ3) is 65.1. The minimum absolute atomic E-state index is 0.107. The van der Waals surface area contributed by atoms with Gasteiger partial charge in [-0.25, -0.2) is 9.13 Å². The molecule has 0 aromatic carbocycles. The number of phosphoric acid groups is 2. The van der Waals surface area contributed by atoms with Gasteiger partial charge in [-0.1, -0.05) is 318 Å². The van der Waals surface area contributed by atoms with Crippen LogP contribution in [0.25, 0.3) is 0 Å². The lowest BCUT2D eigenvalue weighted by Crippen LogP contribution is -2.30. The van der Waals surface area contributed by atoms with E-state index in [0.717, 1.165) is 115 Å². The lowest BCUT2D eigenvalue weighted by molar-refractivity contribution is -0.161. The van der Waals surface area contributed by atoms with Gasteiger partial charge in [-0.05, 0) is 37.5 Å². The lowest BCUT2D eigenvalue weighted by atomic mass is 9.99. The molecular formula is C72H140O17P2. The molecule has 0 aliphatic heterocycles. The van der Waals surface area contributed by atoms with Gasteiger partial charge >= 0.3 is 39.5 Å². The van der Waals surface area contributed by atoms with Gasteiger partial charge in [0, 0.05) is 25.7 Å². The molecule has 0 aliphatic carbocycles. The summed E-state index contributed by atoms with van der Waals surface area (Å²) in [6.07, 6.45) is 49.9. The van der Waals surface area contributed by atoms with Crippen LogP contribution in [-0.4, -0.2) is 96.7 Å². The summed E-state index contributed by atoms with van der Waals surface area (Å²) < 4.78 is 68.3. The summed E-state index contributed by atoms with van der Waals surface area (Å²) in [5.74, 6) is -0.519. The van der Waals surface area contributed by atoms with Crippen LogP contribution in [0, 0.1) is 11.8 Å². The summed E-state index contributed by atoms with van der Waals surface area (Å²) in [7, 11) is -9.90. The number of hydrogen-bond acceptors (Lipinski definition) is 15. The Morgan fingerprint density at radius 3 is 0.835 bits per heavy atom. The van der Waals surface area contributed by atoms with E-state index in [2.05, 4.69) is 41.5 Å². The summed E-state index contributed by atoms with van der Waals surface area (Å²) in [4.78, 5) is 72.5. The second-order valence-corrected chi connectivity index (χ2v) is 29.6. The molecule has 0 fully saturated rings. The SMILES string of the molecule is CCCCCCCCCCCCCCCC(=O)O[C@H](COC(=O)CCCCCCCCC)COP(=O)(O)OC[C@H](O)COP(=O)(O)OC[C@@H](COC(=O)CCCCCCCCCCCCC(C)CC)OC(=O)CCCCCCCCCCCCCCCCC(C)C. The molecule has 6 atom stereocenters. The maximum atomic E-state index is 13.0. The Morgan fingerprint density at radius 1 is 0.319 bits per heavy atom. The van der Waals surface area contributed by atoms with Gasteiger partial charge < -0.3 is 33.8 Å². The van der Waals surface area contributed by atoms with Crippen LogP contribution in [0.2, 0.25) is 0 Å². The second-order valence-electron chi connectivity index (χ2n) is 26.7. The van der Waals surface area contributed by atoms with Gasteiger partial charge in [-0.2, -0.15) is 0 Å². The fraction of sp³-hybridized carbons (Fsp3) is 0.944. The maximum absolute atomic E-state index is 13.0. The summed E-state index contributed by atoms with van der Waals surface area (Å²) in [6.45, 7) is 9.58. The number of aliphatic hydroxyl groups excluding tert-OH is 1. The molecule has 17 nitrogen and oxygen atoms in total. The number of unbranched alkanes of at least 4 members (excludes halogenated alkanes) is 40. The van der Waals surface area contributed by atoms with E-state index in [1.807, 2.05) is 0 Å². The molecule has 0 saturated carbocycles. The van der Waals surface area contributed by atoms with E-state index in [0.29, 0.717) is 25.7 Å². The summed E-state index contributed by atoms with van der Waals surface area (Å²) in [6, 6.07) is 0. The van der Waals surface area contributed by atoms with Crippen molar-refractivity contribution in [2.75, 3.05) is 39.6 Å². The standard InChI is InChI=1S/C72H140O17P2/c1-7-10-12-14-16-17-18-21-25-32-38-44-50-56-71(76)88-67(60-82-69(74)54-48-42-34-15-13-11-8-2)62-86-90(78,79)84-58-66(73)59-85-91(80,81)87-63-68(61-83-70(75)55-49-43-37-31-28-27-30-36-41-47-53-65(6)9-3)89-72(77)57-51-45-39-33-26-23-20-19-22-24-29-35-40-46-52-64(4)5/h64-68,73H,7-63H2,1-6H3,(H,78,79)(H,80,81)/t65?,66-,67+,68+/m0/s1. The molecule has 0 bridgehead atoms. The Balaban J connectivity index is 5.21. The topological polar surface area (TPSA) is 237 Å². The van der Waals surface area contributed by atoms with Gasteiger partial charge in [0.2, 0.25) is 0 Å². The number of esters is 4. The zero-order chi connectivity index (χ0) is 67.2. The van der Waals surface area contributed by atoms with Crippen LogP contribution < -0.4 is 0 Å². The van der Waals surface area contributed by atoms with Crippen molar-refractivity contribution in [3.63, 3.8) is 0 Å².